The molecule has 3 aromatic carbocycles. The fourth-order valence-corrected chi connectivity index (χ4v) is 4.39. The van der Waals surface area contributed by atoms with Crippen LogP contribution in [0.5, 0.6) is 17.2 Å². The van der Waals surface area contributed by atoms with E-state index in [-0.39, 0.29) is 28.9 Å². The number of phenolic OH excluding ortho intramolecular Hbond substituents is 1. The van der Waals surface area contributed by atoms with E-state index in [2.05, 4.69) is 0 Å². The highest BCUT2D eigenvalue weighted by atomic mass is 35.5. The number of ether oxygens (including phenoxy) is 2. The van der Waals surface area contributed by atoms with Crippen molar-refractivity contribution in [2.75, 3.05) is 11.7 Å². The number of hydrogen-bond acceptors (Lipinski definition) is 6. The molecule has 0 radical (unpaired) electrons. The number of aliphatic hydroxyl groups excluding tert-OH is 1. The number of carbonyl (C=O) groups excluding carboxylic acids is 2. The highest BCUT2D eigenvalue weighted by Crippen LogP contribution is 2.44. The van der Waals surface area contributed by atoms with Crippen molar-refractivity contribution < 1.29 is 29.3 Å². The molecule has 0 spiro atoms. The van der Waals surface area contributed by atoms with Crippen LogP contribution in [0.3, 0.4) is 0 Å². The first-order valence-corrected chi connectivity index (χ1v) is 11.0. The maximum Gasteiger partial charge on any atom is 0.300 e. The fourth-order valence-electron chi connectivity index (χ4n) is 4.20. The summed E-state index contributed by atoms with van der Waals surface area (Å²) in [6.07, 6.45) is 0.820. The van der Waals surface area contributed by atoms with E-state index in [1.54, 1.807) is 36.4 Å². The van der Waals surface area contributed by atoms with Gasteiger partial charge in [0.2, 0.25) is 6.79 Å². The van der Waals surface area contributed by atoms with Gasteiger partial charge in [-0.25, -0.2) is 0 Å². The molecule has 7 nitrogen and oxygen atoms in total. The molecule has 0 aromatic heterocycles. The minimum absolute atomic E-state index is 0.0592. The quantitative estimate of drug-likeness (QED) is 0.313. The molecule has 2 aliphatic heterocycles. The first-order valence-electron chi connectivity index (χ1n) is 10.7. The first kappa shape index (κ1) is 21.9. The summed E-state index contributed by atoms with van der Waals surface area (Å²) < 4.78 is 10.7. The van der Waals surface area contributed by atoms with Crippen LogP contribution in [0.25, 0.3) is 5.76 Å². The highest BCUT2D eigenvalue weighted by molar-refractivity contribution is 6.51. The molecule has 34 heavy (non-hydrogen) atoms. The lowest BCUT2D eigenvalue weighted by molar-refractivity contribution is -0.132. The number of anilines is 1. The highest BCUT2D eigenvalue weighted by Gasteiger charge is 2.47. The normalized spacial score (nSPS) is 18.5. The Labute approximate surface area is 200 Å². The fraction of sp³-hybridized carbons (Fsp3) is 0.154. The average molecular weight is 478 g/mol. The second-order valence-corrected chi connectivity index (χ2v) is 8.38. The van der Waals surface area contributed by atoms with Crippen LogP contribution in [0.2, 0.25) is 5.02 Å². The predicted molar refractivity (Wildman–Crippen MR) is 126 cm³/mol. The van der Waals surface area contributed by atoms with Gasteiger partial charge in [0.05, 0.1) is 16.6 Å². The Balaban J connectivity index is 1.70. The van der Waals surface area contributed by atoms with Crippen molar-refractivity contribution in [2.45, 2.75) is 19.4 Å². The smallest absolute Gasteiger partial charge is 0.300 e. The van der Waals surface area contributed by atoms with Crippen molar-refractivity contribution in [3.05, 3.63) is 87.9 Å². The van der Waals surface area contributed by atoms with Crippen LogP contribution < -0.4 is 14.4 Å². The number of fused-ring (bicyclic) bond motifs is 1. The van der Waals surface area contributed by atoms with E-state index in [0.717, 1.165) is 12.0 Å². The van der Waals surface area contributed by atoms with Crippen molar-refractivity contribution in [3.8, 4) is 17.2 Å². The first-order chi connectivity index (χ1) is 16.4. The van der Waals surface area contributed by atoms with Gasteiger partial charge in [0.25, 0.3) is 11.7 Å². The summed E-state index contributed by atoms with van der Waals surface area (Å²) in [4.78, 5) is 27.8. The number of Topliss-reactive ketones (excluding diaryl/α,β-unsaturated/α-hetero) is 1. The molecule has 2 aliphatic rings. The third-order valence-corrected chi connectivity index (χ3v) is 6.30. The van der Waals surface area contributed by atoms with Crippen LogP contribution >= 0.6 is 11.6 Å². The summed E-state index contributed by atoms with van der Waals surface area (Å²) in [7, 11) is 0. The van der Waals surface area contributed by atoms with Crippen LogP contribution in [0.15, 0.2) is 66.2 Å². The Bertz CT molecular complexity index is 1350. The second kappa shape index (κ2) is 8.43. The predicted octanol–water partition coefficient (Wildman–Crippen LogP) is 4.96. The second-order valence-electron chi connectivity index (χ2n) is 7.97. The van der Waals surface area contributed by atoms with Crippen molar-refractivity contribution in [2.24, 2.45) is 0 Å². The van der Waals surface area contributed by atoms with Crippen LogP contribution in [0.4, 0.5) is 5.69 Å². The molecule has 1 fully saturated rings. The molecule has 2 N–H and O–H groups in total. The van der Waals surface area contributed by atoms with Gasteiger partial charge in [0.1, 0.15) is 11.5 Å². The van der Waals surface area contributed by atoms with Gasteiger partial charge in [0, 0.05) is 11.3 Å². The number of carbonyl (C=O) groups is 2. The Kier molecular flexibility index (Phi) is 5.42. The lowest BCUT2D eigenvalue weighted by atomic mass is 9.95. The Morgan fingerprint density at radius 3 is 2.47 bits per heavy atom. The third kappa shape index (κ3) is 3.54. The number of amides is 1. The van der Waals surface area contributed by atoms with E-state index >= 15 is 0 Å². The molecule has 0 bridgehead atoms. The number of aryl methyl sites for hydroxylation is 1. The lowest BCUT2D eigenvalue weighted by Gasteiger charge is -2.26. The van der Waals surface area contributed by atoms with Gasteiger partial charge in [-0.1, -0.05) is 36.7 Å². The summed E-state index contributed by atoms with van der Waals surface area (Å²) in [5.41, 5.74) is 2.25. The number of ketones is 1. The molecule has 1 unspecified atom stereocenters. The molecule has 0 saturated carbocycles. The zero-order valence-electron chi connectivity index (χ0n) is 18.1. The van der Waals surface area contributed by atoms with Gasteiger partial charge in [-0.3, -0.25) is 14.5 Å². The van der Waals surface area contributed by atoms with E-state index < -0.39 is 17.7 Å². The zero-order chi connectivity index (χ0) is 24.0. The third-order valence-electron chi connectivity index (χ3n) is 6.00. The van der Waals surface area contributed by atoms with E-state index in [1.165, 1.54) is 17.0 Å². The molecule has 2 heterocycles. The minimum Gasteiger partial charge on any atom is -0.507 e. The summed E-state index contributed by atoms with van der Waals surface area (Å²) in [5.74, 6) is -1.14. The number of nitrogens with zero attached hydrogens (tertiary/aromatic N) is 1. The van der Waals surface area contributed by atoms with E-state index in [0.29, 0.717) is 28.3 Å². The van der Waals surface area contributed by atoms with Gasteiger partial charge in [-0.2, -0.15) is 0 Å². The monoisotopic (exact) mass is 477 g/mol. The molecule has 1 saturated heterocycles. The minimum atomic E-state index is -0.962. The largest absolute Gasteiger partial charge is 0.507 e. The SMILES string of the molecule is CCc1ccc(N2C(=O)C(=O)/C(=C(\O)c3ccc4c(c3)OCO4)C2c2ccc(O)c(Cl)c2)cc1. The van der Waals surface area contributed by atoms with Crippen LogP contribution in [0.1, 0.15) is 29.7 Å². The Hall–Kier alpha value is -3.97. The van der Waals surface area contributed by atoms with Gasteiger partial charge in [-0.15, -0.1) is 0 Å². The molecular formula is C26H20ClNO6. The molecule has 3 aromatic rings. The van der Waals surface area contributed by atoms with Gasteiger partial charge in [-0.05, 0) is 60.0 Å². The number of aromatic hydroxyl groups is 1. The Morgan fingerprint density at radius 2 is 1.76 bits per heavy atom. The van der Waals surface area contributed by atoms with Crippen molar-refractivity contribution in [1.29, 1.82) is 0 Å². The molecular weight excluding hydrogens is 458 g/mol. The van der Waals surface area contributed by atoms with E-state index in [9.17, 15) is 19.8 Å². The Morgan fingerprint density at radius 1 is 1.03 bits per heavy atom. The summed E-state index contributed by atoms with van der Waals surface area (Å²) in [6.45, 7) is 2.08. The average Bonchev–Trinajstić information content (AvgIpc) is 3.42. The van der Waals surface area contributed by atoms with E-state index in [1.807, 2.05) is 19.1 Å². The topological polar surface area (TPSA) is 96.3 Å². The lowest BCUT2D eigenvalue weighted by Crippen LogP contribution is -2.29. The van der Waals surface area contributed by atoms with Gasteiger partial charge < -0.3 is 19.7 Å². The van der Waals surface area contributed by atoms with Gasteiger partial charge >= 0.3 is 0 Å². The number of phenols is 1. The van der Waals surface area contributed by atoms with Crippen LogP contribution in [-0.4, -0.2) is 28.7 Å². The summed E-state index contributed by atoms with van der Waals surface area (Å²) in [6, 6.07) is 15.5. The van der Waals surface area contributed by atoms with Crippen LogP contribution in [0, 0.1) is 0 Å². The zero-order valence-corrected chi connectivity index (χ0v) is 18.9. The van der Waals surface area contributed by atoms with Crippen molar-refractivity contribution >= 4 is 34.7 Å². The molecule has 0 aliphatic carbocycles. The maximum atomic E-state index is 13.2. The molecule has 5 rings (SSSR count). The summed E-state index contributed by atoms with van der Waals surface area (Å²) in [5, 5.41) is 21.2. The molecule has 1 atom stereocenters. The molecule has 172 valence electrons. The van der Waals surface area contributed by atoms with Crippen molar-refractivity contribution in [3.63, 3.8) is 0 Å². The number of rotatable bonds is 4. The standard InChI is InChI=1S/C26H20ClNO6/c1-2-14-3-7-17(8-4-14)28-23(15-5-9-19(29)18(27)11-15)22(25(31)26(28)32)24(30)16-6-10-20-21(12-16)34-13-33-20/h3-12,23,29-30H,2,13H2,1H3/b24-22-. The van der Waals surface area contributed by atoms with Gasteiger partial charge in [0.15, 0.2) is 11.5 Å². The molecule has 8 heteroatoms. The number of benzene rings is 3. The maximum absolute atomic E-state index is 13.2. The number of aliphatic hydroxyl groups is 1. The summed E-state index contributed by atoms with van der Waals surface area (Å²) >= 11 is 6.16. The number of hydrogen-bond donors (Lipinski definition) is 2. The number of halogens is 1. The molecule has 1 amide bonds. The van der Waals surface area contributed by atoms with Crippen molar-refractivity contribution in [1.82, 2.24) is 0 Å². The van der Waals surface area contributed by atoms with Crippen LogP contribution in [-0.2, 0) is 16.0 Å². The van der Waals surface area contributed by atoms with E-state index in [4.69, 9.17) is 21.1 Å².